The van der Waals surface area contributed by atoms with Gasteiger partial charge in [-0.3, -0.25) is 4.79 Å². The second kappa shape index (κ2) is 10.3. The van der Waals surface area contributed by atoms with Crippen molar-refractivity contribution in [2.24, 2.45) is 5.92 Å². The van der Waals surface area contributed by atoms with E-state index < -0.39 is 24.3 Å². The SMILES string of the molecule is CO[C@@H]1OC[C@@H](OCc2ccccc2)[C@H](OCc2ccccc2)[C@H]1CC(=O)O. The molecule has 1 aliphatic rings. The van der Waals surface area contributed by atoms with Crippen LogP contribution in [0.1, 0.15) is 17.5 Å². The molecule has 150 valence electrons. The number of benzene rings is 2. The number of hydrogen-bond acceptors (Lipinski definition) is 5. The van der Waals surface area contributed by atoms with E-state index in [-0.39, 0.29) is 19.1 Å². The van der Waals surface area contributed by atoms with Gasteiger partial charge in [-0.15, -0.1) is 0 Å². The normalized spacial score (nSPS) is 24.8. The second-order valence-corrected chi connectivity index (χ2v) is 6.80. The minimum absolute atomic E-state index is 0.122. The fraction of sp³-hybridized carbons (Fsp3) is 0.409. The summed E-state index contributed by atoms with van der Waals surface area (Å²) >= 11 is 0. The maximum absolute atomic E-state index is 11.4. The van der Waals surface area contributed by atoms with Crippen molar-refractivity contribution in [2.75, 3.05) is 13.7 Å². The Morgan fingerprint density at radius 1 is 1.00 bits per heavy atom. The number of hydrogen-bond donors (Lipinski definition) is 1. The molecule has 1 aliphatic heterocycles. The average Bonchev–Trinajstić information content (AvgIpc) is 2.72. The quantitative estimate of drug-likeness (QED) is 0.713. The molecule has 0 aliphatic carbocycles. The summed E-state index contributed by atoms with van der Waals surface area (Å²) in [4.78, 5) is 11.4. The first kappa shape index (κ1) is 20.5. The highest BCUT2D eigenvalue weighted by molar-refractivity contribution is 5.67. The van der Waals surface area contributed by atoms with Crippen LogP contribution in [0.25, 0.3) is 0 Å². The van der Waals surface area contributed by atoms with Gasteiger partial charge in [0.15, 0.2) is 6.29 Å². The van der Waals surface area contributed by atoms with Gasteiger partial charge in [0, 0.05) is 13.0 Å². The third-order valence-electron chi connectivity index (χ3n) is 4.80. The molecule has 1 heterocycles. The van der Waals surface area contributed by atoms with Crippen molar-refractivity contribution in [3.63, 3.8) is 0 Å². The lowest BCUT2D eigenvalue weighted by molar-refractivity contribution is -0.264. The molecule has 1 fully saturated rings. The van der Waals surface area contributed by atoms with E-state index in [4.69, 9.17) is 18.9 Å². The number of carboxylic acid groups (broad SMARTS) is 1. The summed E-state index contributed by atoms with van der Waals surface area (Å²) in [5.41, 5.74) is 2.05. The molecular formula is C22H26O6. The first-order valence-corrected chi connectivity index (χ1v) is 9.34. The van der Waals surface area contributed by atoms with Gasteiger partial charge in [0.05, 0.1) is 32.3 Å². The number of methoxy groups -OCH3 is 1. The zero-order chi connectivity index (χ0) is 19.8. The molecule has 0 amide bonds. The summed E-state index contributed by atoms with van der Waals surface area (Å²) in [6.45, 7) is 1.04. The lowest BCUT2D eigenvalue weighted by Gasteiger charge is -2.41. The third-order valence-corrected chi connectivity index (χ3v) is 4.80. The first-order chi connectivity index (χ1) is 13.7. The van der Waals surface area contributed by atoms with E-state index in [0.717, 1.165) is 11.1 Å². The molecule has 28 heavy (non-hydrogen) atoms. The maximum Gasteiger partial charge on any atom is 0.303 e. The largest absolute Gasteiger partial charge is 0.481 e. The second-order valence-electron chi connectivity index (χ2n) is 6.80. The minimum Gasteiger partial charge on any atom is -0.481 e. The zero-order valence-corrected chi connectivity index (χ0v) is 15.9. The highest BCUT2D eigenvalue weighted by Crippen LogP contribution is 2.30. The summed E-state index contributed by atoms with van der Waals surface area (Å²) in [5, 5.41) is 9.37. The lowest BCUT2D eigenvalue weighted by Crippen LogP contribution is -2.52. The van der Waals surface area contributed by atoms with Crippen LogP contribution in [0.5, 0.6) is 0 Å². The Labute approximate surface area is 165 Å². The standard InChI is InChI=1S/C22H26O6/c1-25-22-18(12-20(23)24)21(27-14-17-10-6-3-7-11-17)19(15-28-22)26-13-16-8-4-2-5-9-16/h2-11,18-19,21-22H,12-15H2,1H3,(H,23,24)/t18-,19-,21-,22-/m1/s1. The highest BCUT2D eigenvalue weighted by atomic mass is 16.7. The van der Waals surface area contributed by atoms with Crippen LogP contribution in [0.15, 0.2) is 60.7 Å². The van der Waals surface area contributed by atoms with Crippen molar-refractivity contribution in [1.29, 1.82) is 0 Å². The molecule has 6 nitrogen and oxygen atoms in total. The van der Waals surface area contributed by atoms with Gasteiger partial charge in [0.2, 0.25) is 0 Å². The highest BCUT2D eigenvalue weighted by Gasteiger charge is 2.43. The van der Waals surface area contributed by atoms with Crippen molar-refractivity contribution in [3.8, 4) is 0 Å². The molecule has 0 spiro atoms. The van der Waals surface area contributed by atoms with Crippen LogP contribution in [-0.2, 0) is 37.0 Å². The fourth-order valence-electron chi connectivity index (χ4n) is 3.41. The fourth-order valence-corrected chi connectivity index (χ4v) is 3.41. The van der Waals surface area contributed by atoms with Gasteiger partial charge < -0.3 is 24.1 Å². The molecule has 0 saturated carbocycles. The van der Waals surface area contributed by atoms with Gasteiger partial charge >= 0.3 is 5.97 Å². The summed E-state index contributed by atoms with van der Waals surface area (Å²) in [5.74, 6) is -1.39. The van der Waals surface area contributed by atoms with Crippen LogP contribution in [-0.4, -0.2) is 43.3 Å². The summed E-state index contributed by atoms with van der Waals surface area (Å²) < 4.78 is 23.4. The average molecular weight is 386 g/mol. The van der Waals surface area contributed by atoms with Crippen LogP contribution in [0.4, 0.5) is 0 Å². The summed E-state index contributed by atoms with van der Waals surface area (Å²) in [6.07, 6.45) is -1.62. The number of aliphatic carboxylic acids is 1. The molecule has 0 aromatic heterocycles. The van der Waals surface area contributed by atoms with Crippen LogP contribution < -0.4 is 0 Å². The summed E-state index contributed by atoms with van der Waals surface area (Å²) in [7, 11) is 1.51. The molecule has 0 bridgehead atoms. The Bertz CT molecular complexity index is 720. The lowest BCUT2D eigenvalue weighted by atomic mass is 9.91. The molecule has 6 heteroatoms. The van der Waals surface area contributed by atoms with E-state index in [1.807, 2.05) is 60.7 Å². The minimum atomic E-state index is -0.923. The number of carboxylic acids is 1. The molecule has 1 N–H and O–H groups in total. The smallest absolute Gasteiger partial charge is 0.303 e. The van der Waals surface area contributed by atoms with E-state index in [1.165, 1.54) is 7.11 Å². The van der Waals surface area contributed by atoms with Crippen LogP contribution in [0.3, 0.4) is 0 Å². The molecule has 0 unspecified atom stereocenters. The van der Waals surface area contributed by atoms with Crippen LogP contribution in [0.2, 0.25) is 0 Å². The molecular weight excluding hydrogens is 360 g/mol. The first-order valence-electron chi connectivity index (χ1n) is 9.34. The summed E-state index contributed by atoms with van der Waals surface area (Å²) in [6, 6.07) is 19.6. The van der Waals surface area contributed by atoms with Gasteiger partial charge in [0.1, 0.15) is 6.10 Å². The number of carbonyl (C=O) groups is 1. The van der Waals surface area contributed by atoms with E-state index in [0.29, 0.717) is 13.2 Å². The Balaban J connectivity index is 1.73. The van der Waals surface area contributed by atoms with Crippen LogP contribution >= 0.6 is 0 Å². The Kier molecular flexibility index (Phi) is 7.56. The Morgan fingerprint density at radius 3 is 2.11 bits per heavy atom. The van der Waals surface area contributed by atoms with Crippen molar-refractivity contribution >= 4 is 5.97 Å². The van der Waals surface area contributed by atoms with Crippen molar-refractivity contribution in [2.45, 2.75) is 38.1 Å². The molecule has 1 saturated heterocycles. The van der Waals surface area contributed by atoms with Gasteiger partial charge in [-0.25, -0.2) is 0 Å². The van der Waals surface area contributed by atoms with Crippen molar-refractivity contribution < 1.29 is 28.8 Å². The molecule has 2 aromatic rings. The van der Waals surface area contributed by atoms with E-state index >= 15 is 0 Å². The van der Waals surface area contributed by atoms with Crippen LogP contribution in [0, 0.1) is 5.92 Å². The number of ether oxygens (including phenoxy) is 4. The topological polar surface area (TPSA) is 74.2 Å². The Hall–Kier alpha value is -2.25. The van der Waals surface area contributed by atoms with E-state index in [2.05, 4.69) is 0 Å². The molecule has 0 radical (unpaired) electrons. The van der Waals surface area contributed by atoms with Crippen molar-refractivity contribution in [3.05, 3.63) is 71.8 Å². The monoisotopic (exact) mass is 386 g/mol. The third kappa shape index (κ3) is 5.62. The van der Waals surface area contributed by atoms with Gasteiger partial charge in [-0.1, -0.05) is 60.7 Å². The van der Waals surface area contributed by atoms with E-state index in [1.54, 1.807) is 0 Å². The van der Waals surface area contributed by atoms with Gasteiger partial charge in [-0.05, 0) is 11.1 Å². The molecule has 3 rings (SSSR count). The Morgan fingerprint density at radius 2 is 1.57 bits per heavy atom. The number of rotatable bonds is 9. The maximum atomic E-state index is 11.4. The van der Waals surface area contributed by atoms with Gasteiger partial charge in [0.25, 0.3) is 0 Å². The van der Waals surface area contributed by atoms with Gasteiger partial charge in [-0.2, -0.15) is 0 Å². The van der Waals surface area contributed by atoms with E-state index in [9.17, 15) is 9.90 Å². The predicted molar refractivity (Wildman–Crippen MR) is 103 cm³/mol. The molecule has 4 atom stereocenters. The van der Waals surface area contributed by atoms with Crippen molar-refractivity contribution in [1.82, 2.24) is 0 Å². The zero-order valence-electron chi connectivity index (χ0n) is 15.9. The predicted octanol–water partition coefficient (Wildman–Crippen LogP) is 3.25. The molecule has 2 aromatic carbocycles.